The van der Waals surface area contributed by atoms with Gasteiger partial charge in [0.1, 0.15) is 0 Å². The normalized spacial score (nSPS) is 12.6. The highest BCUT2D eigenvalue weighted by Crippen LogP contribution is 2.28. The predicted octanol–water partition coefficient (Wildman–Crippen LogP) is 2.48. The van der Waals surface area contributed by atoms with Crippen LogP contribution < -0.4 is 10.1 Å². The third kappa shape index (κ3) is 2.57. The molecule has 2 aromatic rings. The fourth-order valence-electron chi connectivity index (χ4n) is 2.10. The van der Waals surface area contributed by atoms with Gasteiger partial charge in [0.15, 0.2) is 5.75 Å². The topological polar surface area (TPSA) is 39.1 Å². The first-order valence-corrected chi connectivity index (χ1v) is 6.97. The van der Waals surface area contributed by atoms with Crippen molar-refractivity contribution in [3.8, 4) is 5.75 Å². The average Bonchev–Trinajstić information content (AvgIpc) is 3.04. The zero-order valence-electron chi connectivity index (χ0n) is 11.0. The summed E-state index contributed by atoms with van der Waals surface area (Å²) in [6.45, 7) is 2.94. The van der Waals surface area contributed by atoms with E-state index in [4.69, 9.17) is 4.74 Å². The van der Waals surface area contributed by atoms with Crippen LogP contribution in [0.2, 0.25) is 0 Å². The van der Waals surface area contributed by atoms with E-state index in [0.29, 0.717) is 0 Å². The van der Waals surface area contributed by atoms with Gasteiger partial charge in [0.05, 0.1) is 25.0 Å². The van der Waals surface area contributed by atoms with Gasteiger partial charge in [-0.1, -0.05) is 6.07 Å². The van der Waals surface area contributed by atoms with Crippen LogP contribution in [-0.2, 0) is 13.0 Å². The molecule has 98 valence electrons. The SMILES string of the molecule is CCn1ncc(OC)c1C(Cc1cccs1)NC. The molecule has 0 amide bonds. The van der Waals surface area contributed by atoms with Gasteiger partial charge in [-0.15, -0.1) is 11.3 Å². The fraction of sp³-hybridized carbons (Fsp3) is 0.462. The number of thiophene rings is 1. The molecule has 5 heteroatoms. The Labute approximate surface area is 112 Å². The molecule has 0 saturated heterocycles. The van der Waals surface area contributed by atoms with Gasteiger partial charge >= 0.3 is 0 Å². The van der Waals surface area contributed by atoms with Crippen molar-refractivity contribution >= 4 is 11.3 Å². The maximum Gasteiger partial charge on any atom is 0.161 e. The van der Waals surface area contributed by atoms with Gasteiger partial charge in [0.2, 0.25) is 0 Å². The Morgan fingerprint density at radius 1 is 1.56 bits per heavy atom. The van der Waals surface area contributed by atoms with Crippen molar-refractivity contribution in [2.45, 2.75) is 25.9 Å². The van der Waals surface area contributed by atoms with Crippen molar-refractivity contribution in [1.82, 2.24) is 15.1 Å². The lowest BCUT2D eigenvalue weighted by Crippen LogP contribution is -2.22. The van der Waals surface area contributed by atoms with E-state index in [1.807, 2.05) is 11.7 Å². The lowest BCUT2D eigenvalue weighted by Gasteiger charge is -2.18. The maximum absolute atomic E-state index is 5.41. The number of ether oxygens (including phenoxy) is 1. The molecule has 1 N–H and O–H groups in total. The minimum Gasteiger partial charge on any atom is -0.493 e. The van der Waals surface area contributed by atoms with E-state index in [1.54, 1.807) is 24.6 Å². The van der Waals surface area contributed by atoms with E-state index >= 15 is 0 Å². The summed E-state index contributed by atoms with van der Waals surface area (Å²) in [6, 6.07) is 4.47. The molecule has 0 aromatic carbocycles. The Morgan fingerprint density at radius 2 is 2.39 bits per heavy atom. The highest BCUT2D eigenvalue weighted by Gasteiger charge is 2.20. The number of rotatable bonds is 6. The van der Waals surface area contributed by atoms with Gasteiger partial charge in [-0.25, -0.2) is 0 Å². The molecule has 2 rings (SSSR count). The standard InChI is InChI=1S/C13H19N3OS/c1-4-16-13(12(17-3)9-15-16)11(14-2)8-10-6-5-7-18-10/h5-7,9,11,14H,4,8H2,1-3H3. The summed E-state index contributed by atoms with van der Waals surface area (Å²) in [7, 11) is 3.67. The zero-order valence-corrected chi connectivity index (χ0v) is 11.8. The number of aromatic nitrogens is 2. The molecule has 0 bridgehead atoms. The van der Waals surface area contributed by atoms with Crippen molar-refractivity contribution in [1.29, 1.82) is 0 Å². The highest BCUT2D eigenvalue weighted by atomic mass is 32.1. The van der Waals surface area contributed by atoms with Crippen molar-refractivity contribution in [3.63, 3.8) is 0 Å². The number of hydrogen-bond donors (Lipinski definition) is 1. The molecular weight excluding hydrogens is 246 g/mol. The molecule has 0 fully saturated rings. The number of nitrogens with zero attached hydrogens (tertiary/aromatic N) is 2. The molecule has 0 aliphatic carbocycles. The first-order chi connectivity index (χ1) is 8.80. The van der Waals surface area contributed by atoms with Crippen molar-refractivity contribution in [2.75, 3.05) is 14.2 Å². The van der Waals surface area contributed by atoms with Crippen LogP contribution in [0.25, 0.3) is 0 Å². The van der Waals surface area contributed by atoms with E-state index in [9.17, 15) is 0 Å². The molecule has 0 radical (unpaired) electrons. The van der Waals surface area contributed by atoms with Crippen LogP contribution in [0.5, 0.6) is 5.75 Å². The summed E-state index contributed by atoms with van der Waals surface area (Å²) >= 11 is 1.78. The second kappa shape index (κ2) is 6.02. The first-order valence-electron chi connectivity index (χ1n) is 6.09. The molecule has 0 saturated carbocycles. The summed E-state index contributed by atoms with van der Waals surface area (Å²) < 4.78 is 7.40. The van der Waals surface area contributed by atoms with Crippen molar-refractivity contribution in [2.24, 2.45) is 0 Å². The molecule has 2 aromatic heterocycles. The summed E-state index contributed by atoms with van der Waals surface area (Å²) in [5.74, 6) is 0.854. The average molecular weight is 265 g/mol. The molecular formula is C13H19N3OS. The maximum atomic E-state index is 5.41. The Kier molecular flexibility index (Phi) is 4.38. The monoisotopic (exact) mass is 265 g/mol. The Morgan fingerprint density at radius 3 is 2.94 bits per heavy atom. The largest absolute Gasteiger partial charge is 0.493 e. The summed E-state index contributed by atoms with van der Waals surface area (Å²) in [6.07, 6.45) is 2.74. The molecule has 0 aliphatic heterocycles. The number of nitrogens with one attached hydrogen (secondary N) is 1. The quantitative estimate of drug-likeness (QED) is 0.872. The van der Waals surface area contributed by atoms with Gasteiger partial charge in [0.25, 0.3) is 0 Å². The Bertz CT molecular complexity index is 457. The van der Waals surface area contributed by atoms with Crippen LogP contribution in [0.3, 0.4) is 0 Å². The molecule has 18 heavy (non-hydrogen) atoms. The van der Waals surface area contributed by atoms with Crippen LogP contribution in [0.4, 0.5) is 0 Å². The van der Waals surface area contributed by atoms with Gasteiger partial charge in [-0.3, -0.25) is 4.68 Å². The lowest BCUT2D eigenvalue weighted by molar-refractivity contribution is 0.395. The van der Waals surface area contributed by atoms with Gasteiger partial charge in [-0.05, 0) is 25.4 Å². The second-order valence-electron chi connectivity index (χ2n) is 4.04. The Hall–Kier alpha value is -1.33. The highest BCUT2D eigenvalue weighted by molar-refractivity contribution is 7.09. The first kappa shape index (κ1) is 13.1. The molecule has 2 heterocycles. The second-order valence-corrected chi connectivity index (χ2v) is 5.07. The number of hydrogen-bond acceptors (Lipinski definition) is 4. The van der Waals surface area contributed by atoms with Crippen LogP contribution in [0.1, 0.15) is 23.5 Å². The lowest BCUT2D eigenvalue weighted by atomic mass is 10.1. The number of aryl methyl sites for hydroxylation is 1. The zero-order chi connectivity index (χ0) is 13.0. The summed E-state index contributed by atoms with van der Waals surface area (Å²) in [4.78, 5) is 1.36. The van der Waals surface area contributed by atoms with Crippen LogP contribution in [-0.4, -0.2) is 23.9 Å². The molecule has 0 spiro atoms. The molecule has 1 atom stereocenters. The summed E-state index contributed by atoms with van der Waals surface area (Å²) in [5, 5.41) is 9.82. The van der Waals surface area contributed by atoms with Gasteiger partial charge < -0.3 is 10.1 Å². The molecule has 4 nitrogen and oxygen atoms in total. The minimum atomic E-state index is 0.223. The number of methoxy groups -OCH3 is 1. The van der Waals surface area contributed by atoms with Crippen molar-refractivity contribution < 1.29 is 4.74 Å². The summed E-state index contributed by atoms with van der Waals surface area (Å²) in [5.41, 5.74) is 1.12. The third-order valence-corrected chi connectivity index (χ3v) is 3.93. The van der Waals surface area contributed by atoms with Gasteiger partial charge in [0, 0.05) is 17.8 Å². The van der Waals surface area contributed by atoms with Crippen LogP contribution in [0, 0.1) is 0 Å². The van der Waals surface area contributed by atoms with E-state index in [1.165, 1.54) is 4.88 Å². The smallest absolute Gasteiger partial charge is 0.161 e. The molecule has 0 aliphatic rings. The van der Waals surface area contributed by atoms with Crippen LogP contribution in [0.15, 0.2) is 23.7 Å². The number of likely N-dealkylation sites (N-methyl/N-ethyl adjacent to an activating group) is 1. The van der Waals surface area contributed by atoms with E-state index in [0.717, 1.165) is 24.4 Å². The fourth-order valence-corrected chi connectivity index (χ4v) is 2.86. The van der Waals surface area contributed by atoms with E-state index < -0.39 is 0 Å². The third-order valence-electron chi connectivity index (χ3n) is 3.03. The predicted molar refractivity (Wildman–Crippen MR) is 74.3 cm³/mol. The van der Waals surface area contributed by atoms with Crippen LogP contribution >= 0.6 is 11.3 Å². The van der Waals surface area contributed by atoms with Crippen molar-refractivity contribution in [3.05, 3.63) is 34.3 Å². The minimum absolute atomic E-state index is 0.223. The Balaban J connectivity index is 2.28. The van der Waals surface area contributed by atoms with E-state index in [2.05, 4.69) is 34.9 Å². The van der Waals surface area contributed by atoms with E-state index in [-0.39, 0.29) is 6.04 Å². The molecule has 1 unspecified atom stereocenters. The van der Waals surface area contributed by atoms with Gasteiger partial charge in [-0.2, -0.15) is 5.10 Å².